The van der Waals surface area contributed by atoms with Crippen LogP contribution in [0.2, 0.25) is 0 Å². The lowest BCUT2D eigenvalue weighted by Gasteiger charge is -2.04. The van der Waals surface area contributed by atoms with Crippen LogP contribution in [0.5, 0.6) is 0 Å². The van der Waals surface area contributed by atoms with E-state index in [-0.39, 0.29) is 12.2 Å². The molecule has 0 amide bonds. The van der Waals surface area contributed by atoms with Gasteiger partial charge >= 0.3 is 5.97 Å². The highest BCUT2D eigenvalue weighted by Crippen LogP contribution is 2.12. The number of aromatic nitrogens is 3. The van der Waals surface area contributed by atoms with Crippen molar-refractivity contribution in [3.63, 3.8) is 0 Å². The molecule has 0 fully saturated rings. The lowest BCUT2D eigenvalue weighted by atomic mass is 10.1. The molecule has 0 radical (unpaired) electrons. The second-order valence-electron chi connectivity index (χ2n) is 4.95. The summed E-state index contributed by atoms with van der Waals surface area (Å²) in [5, 5.41) is 4.96. The van der Waals surface area contributed by atoms with E-state index in [0.717, 1.165) is 5.01 Å². The van der Waals surface area contributed by atoms with Gasteiger partial charge in [0.25, 0.3) is 5.56 Å². The zero-order chi connectivity index (χ0) is 17.1. The number of carbonyl (C=O) groups excluding carboxylic acids is 2. The molecule has 7 nitrogen and oxygen atoms in total. The zero-order valence-corrected chi connectivity index (χ0v) is 13.6. The van der Waals surface area contributed by atoms with Gasteiger partial charge < -0.3 is 4.74 Å². The summed E-state index contributed by atoms with van der Waals surface area (Å²) in [6.07, 6.45) is 1.41. The van der Waals surface area contributed by atoms with Gasteiger partial charge in [0.05, 0.1) is 11.3 Å². The average molecular weight is 343 g/mol. The highest BCUT2D eigenvalue weighted by molar-refractivity contribution is 7.16. The van der Waals surface area contributed by atoms with Gasteiger partial charge in [-0.05, 0) is 18.6 Å². The first-order valence-corrected chi connectivity index (χ1v) is 8.03. The molecule has 3 aromatic rings. The van der Waals surface area contributed by atoms with E-state index in [4.69, 9.17) is 4.74 Å². The van der Waals surface area contributed by atoms with Crippen molar-refractivity contribution in [2.24, 2.45) is 0 Å². The summed E-state index contributed by atoms with van der Waals surface area (Å²) in [5.41, 5.74) is 0.856. The number of esters is 1. The average Bonchev–Trinajstić information content (AvgIpc) is 3.03. The van der Waals surface area contributed by atoms with Crippen molar-refractivity contribution < 1.29 is 14.3 Å². The van der Waals surface area contributed by atoms with E-state index in [1.807, 2.05) is 6.92 Å². The quantitative estimate of drug-likeness (QED) is 0.519. The molecule has 0 saturated heterocycles. The summed E-state index contributed by atoms with van der Waals surface area (Å²) >= 11 is 1.33. The molecule has 24 heavy (non-hydrogen) atoms. The number of fused-ring (bicyclic) bond motifs is 1. The van der Waals surface area contributed by atoms with Crippen molar-refractivity contribution in [2.45, 2.75) is 20.0 Å². The number of aldehydes is 1. The van der Waals surface area contributed by atoms with E-state index in [1.165, 1.54) is 46.2 Å². The van der Waals surface area contributed by atoms with Gasteiger partial charge in [-0.25, -0.2) is 9.78 Å². The van der Waals surface area contributed by atoms with Crippen LogP contribution in [0.25, 0.3) is 4.96 Å². The van der Waals surface area contributed by atoms with Gasteiger partial charge in [0, 0.05) is 11.6 Å². The predicted molar refractivity (Wildman–Crippen MR) is 87.5 cm³/mol. The van der Waals surface area contributed by atoms with E-state index in [1.54, 1.807) is 0 Å². The fourth-order valence-electron chi connectivity index (χ4n) is 2.03. The molecule has 0 spiro atoms. The Hall–Kier alpha value is -2.87. The summed E-state index contributed by atoms with van der Waals surface area (Å²) < 4.78 is 6.41. The highest BCUT2D eigenvalue weighted by atomic mass is 32.1. The highest BCUT2D eigenvalue weighted by Gasteiger charge is 2.11. The minimum absolute atomic E-state index is 0.112. The van der Waals surface area contributed by atoms with Crippen LogP contribution < -0.4 is 5.56 Å². The second kappa shape index (κ2) is 6.71. The molecule has 0 atom stereocenters. The zero-order valence-electron chi connectivity index (χ0n) is 12.8. The molecular weight excluding hydrogens is 330 g/mol. The van der Waals surface area contributed by atoms with Crippen molar-refractivity contribution >= 4 is 28.6 Å². The first-order chi connectivity index (χ1) is 11.6. The number of nitrogens with zero attached hydrogens (tertiary/aromatic N) is 3. The maximum absolute atomic E-state index is 12.0. The molecule has 0 aliphatic heterocycles. The lowest BCUT2D eigenvalue weighted by molar-refractivity contribution is 0.0467. The van der Waals surface area contributed by atoms with Crippen LogP contribution in [0.15, 0.2) is 35.1 Å². The standard InChI is InChI=1S/C16H13N3O4S/c1-2-13-18-19-14(21)7-12(17-16(19)24-13)9-23-15(22)11-5-3-10(8-20)4-6-11/h3-8H,2,9H2,1H3. The minimum Gasteiger partial charge on any atom is -0.456 e. The molecule has 2 aromatic heterocycles. The maximum atomic E-state index is 12.0. The van der Waals surface area contributed by atoms with E-state index >= 15 is 0 Å². The van der Waals surface area contributed by atoms with Gasteiger partial charge in [-0.3, -0.25) is 9.59 Å². The largest absolute Gasteiger partial charge is 0.456 e. The number of rotatable bonds is 5. The second-order valence-corrected chi connectivity index (χ2v) is 5.99. The van der Waals surface area contributed by atoms with Crippen molar-refractivity contribution in [3.8, 4) is 0 Å². The third-order valence-corrected chi connectivity index (χ3v) is 4.33. The molecule has 0 unspecified atom stereocenters. The molecule has 2 heterocycles. The molecule has 1 aromatic carbocycles. The van der Waals surface area contributed by atoms with Crippen molar-refractivity contribution in [2.75, 3.05) is 0 Å². The number of aryl methyl sites for hydroxylation is 1. The predicted octanol–water partition coefficient (Wildman–Crippen LogP) is 1.88. The summed E-state index contributed by atoms with van der Waals surface area (Å²) in [6.45, 7) is 1.83. The fraction of sp³-hybridized carbons (Fsp3) is 0.188. The lowest BCUT2D eigenvalue weighted by Crippen LogP contribution is -2.16. The van der Waals surface area contributed by atoms with Crippen LogP contribution >= 0.6 is 11.3 Å². The Morgan fingerprint density at radius 2 is 2.08 bits per heavy atom. The summed E-state index contributed by atoms with van der Waals surface area (Å²) in [5.74, 6) is -0.548. The van der Waals surface area contributed by atoms with E-state index < -0.39 is 5.97 Å². The third-order valence-electron chi connectivity index (χ3n) is 3.28. The number of benzene rings is 1. The van der Waals surface area contributed by atoms with E-state index in [0.29, 0.717) is 34.5 Å². The molecular formula is C16H13N3O4S. The number of carbonyl (C=O) groups is 2. The summed E-state index contributed by atoms with van der Waals surface area (Å²) in [6, 6.07) is 7.38. The molecule has 8 heteroatoms. The van der Waals surface area contributed by atoms with Gasteiger partial charge in [0.15, 0.2) is 0 Å². The van der Waals surface area contributed by atoms with Crippen LogP contribution in [-0.4, -0.2) is 26.9 Å². The van der Waals surface area contributed by atoms with E-state index in [9.17, 15) is 14.4 Å². The van der Waals surface area contributed by atoms with Crippen LogP contribution in [0.1, 0.15) is 38.3 Å². The Kier molecular flexibility index (Phi) is 4.48. The Bertz CT molecular complexity index is 960. The molecule has 0 aliphatic rings. The number of hydrogen-bond donors (Lipinski definition) is 0. The Balaban J connectivity index is 1.75. The molecule has 122 valence electrons. The van der Waals surface area contributed by atoms with Gasteiger partial charge in [-0.15, -0.1) is 0 Å². The number of hydrogen-bond acceptors (Lipinski definition) is 7. The Morgan fingerprint density at radius 3 is 2.75 bits per heavy atom. The van der Waals surface area contributed by atoms with Crippen LogP contribution in [0.4, 0.5) is 0 Å². The maximum Gasteiger partial charge on any atom is 0.338 e. The van der Waals surface area contributed by atoms with Crippen molar-refractivity contribution in [1.82, 2.24) is 14.6 Å². The minimum atomic E-state index is -0.548. The Labute approximate surface area is 140 Å². The molecule has 3 rings (SSSR count). The van der Waals surface area contributed by atoms with Crippen molar-refractivity contribution in [1.29, 1.82) is 0 Å². The summed E-state index contributed by atoms with van der Waals surface area (Å²) in [4.78, 5) is 39.4. The van der Waals surface area contributed by atoms with Crippen LogP contribution in [0.3, 0.4) is 0 Å². The molecule has 0 saturated carbocycles. The van der Waals surface area contributed by atoms with Gasteiger partial charge in [-0.1, -0.05) is 30.4 Å². The number of ether oxygens (including phenoxy) is 1. The monoisotopic (exact) mass is 343 g/mol. The molecule has 0 N–H and O–H groups in total. The van der Waals surface area contributed by atoms with Gasteiger partial charge in [-0.2, -0.15) is 9.61 Å². The normalized spacial score (nSPS) is 10.7. The fourth-order valence-corrected chi connectivity index (χ4v) is 2.89. The first kappa shape index (κ1) is 16.0. The third kappa shape index (κ3) is 3.23. The van der Waals surface area contributed by atoms with Gasteiger partial charge in [0.2, 0.25) is 4.96 Å². The van der Waals surface area contributed by atoms with Crippen LogP contribution in [0, 0.1) is 0 Å². The molecule has 0 bridgehead atoms. The summed E-state index contributed by atoms with van der Waals surface area (Å²) in [7, 11) is 0. The Morgan fingerprint density at radius 1 is 1.33 bits per heavy atom. The topological polar surface area (TPSA) is 90.6 Å². The SMILES string of the molecule is CCc1nn2c(=O)cc(COC(=O)c3ccc(C=O)cc3)nc2s1. The van der Waals surface area contributed by atoms with Gasteiger partial charge in [0.1, 0.15) is 17.9 Å². The van der Waals surface area contributed by atoms with Crippen LogP contribution in [-0.2, 0) is 17.8 Å². The van der Waals surface area contributed by atoms with E-state index in [2.05, 4.69) is 10.1 Å². The van der Waals surface area contributed by atoms with Crippen molar-refractivity contribution in [3.05, 3.63) is 62.5 Å². The smallest absolute Gasteiger partial charge is 0.338 e. The first-order valence-electron chi connectivity index (χ1n) is 7.21. The molecule has 0 aliphatic carbocycles.